The zero-order valence-corrected chi connectivity index (χ0v) is 14.8. The summed E-state index contributed by atoms with van der Waals surface area (Å²) in [5.41, 5.74) is 0.918. The summed E-state index contributed by atoms with van der Waals surface area (Å²) in [7, 11) is 0. The highest BCUT2D eigenvalue weighted by Gasteiger charge is 2.33. The number of halogens is 1. The molecule has 1 unspecified atom stereocenters. The second kappa shape index (κ2) is 8.35. The topological polar surface area (TPSA) is 68.3 Å². The van der Waals surface area contributed by atoms with Crippen molar-refractivity contribution in [2.24, 2.45) is 0 Å². The number of hydrogen-bond donors (Lipinski definition) is 0. The highest BCUT2D eigenvalue weighted by Crippen LogP contribution is 2.28. The molecule has 0 radical (unpaired) electrons. The van der Waals surface area contributed by atoms with E-state index < -0.39 is 18.0 Å². The van der Waals surface area contributed by atoms with Gasteiger partial charge in [0.2, 0.25) is 0 Å². The van der Waals surface area contributed by atoms with Gasteiger partial charge >= 0.3 is 12.1 Å². The number of carbonyl (C=O) groups excluding carboxylic acids is 2. The Morgan fingerprint density at radius 1 is 1.35 bits per heavy atom. The fourth-order valence-electron chi connectivity index (χ4n) is 3.01. The Balaban J connectivity index is 1.62. The van der Waals surface area contributed by atoms with Crippen LogP contribution < -0.4 is 9.80 Å². The molecular weight excluding hydrogens is 343 g/mol. The van der Waals surface area contributed by atoms with Crippen molar-refractivity contribution in [1.82, 2.24) is 0 Å². The molecule has 0 spiro atoms. The van der Waals surface area contributed by atoms with E-state index in [1.807, 2.05) is 11.8 Å². The van der Waals surface area contributed by atoms with Crippen molar-refractivity contribution in [3.05, 3.63) is 24.0 Å². The molecule has 3 rings (SSSR count). The molecular formula is C18H23FN2O5. The molecule has 7 nitrogen and oxygen atoms in total. The first kappa shape index (κ1) is 18.4. The first-order valence-electron chi connectivity index (χ1n) is 8.84. The monoisotopic (exact) mass is 366 g/mol. The van der Waals surface area contributed by atoms with E-state index in [2.05, 4.69) is 0 Å². The van der Waals surface area contributed by atoms with Crippen LogP contribution in [0.5, 0.6) is 0 Å². The van der Waals surface area contributed by atoms with Crippen LogP contribution in [0.3, 0.4) is 0 Å². The van der Waals surface area contributed by atoms with Crippen molar-refractivity contribution in [2.45, 2.75) is 25.9 Å². The maximum Gasteiger partial charge on any atom is 0.414 e. The molecule has 2 aliphatic rings. The first-order valence-corrected chi connectivity index (χ1v) is 8.84. The third kappa shape index (κ3) is 4.24. The van der Waals surface area contributed by atoms with Gasteiger partial charge in [-0.3, -0.25) is 9.69 Å². The molecule has 0 aliphatic carbocycles. The minimum Gasteiger partial charge on any atom is -0.462 e. The van der Waals surface area contributed by atoms with Gasteiger partial charge in [-0.05, 0) is 24.6 Å². The Bertz CT molecular complexity index is 663. The summed E-state index contributed by atoms with van der Waals surface area (Å²) < 4.78 is 30.1. The van der Waals surface area contributed by atoms with E-state index in [0.29, 0.717) is 50.5 Å². The number of hydrogen-bond acceptors (Lipinski definition) is 6. The minimum atomic E-state index is -0.569. The Kier molecular flexibility index (Phi) is 5.92. The standard InChI is InChI=1S/C18H23FN2O5/c1-2-3-17(22)25-12-14-11-21(18(23)26-14)13-4-5-16(15(19)10-13)20-6-8-24-9-7-20/h4-5,10,14H,2-3,6-9,11-12H2,1H3. The number of rotatable bonds is 6. The molecule has 2 aliphatic heterocycles. The van der Waals surface area contributed by atoms with E-state index in [9.17, 15) is 14.0 Å². The number of ether oxygens (including phenoxy) is 3. The molecule has 0 bridgehead atoms. The lowest BCUT2D eigenvalue weighted by atomic mass is 10.2. The van der Waals surface area contributed by atoms with Gasteiger partial charge < -0.3 is 19.1 Å². The maximum atomic E-state index is 14.5. The van der Waals surface area contributed by atoms with Crippen LogP contribution in [0, 0.1) is 5.82 Å². The van der Waals surface area contributed by atoms with Gasteiger partial charge in [-0.15, -0.1) is 0 Å². The average molecular weight is 366 g/mol. The number of amides is 1. The summed E-state index contributed by atoms with van der Waals surface area (Å²) in [4.78, 5) is 26.8. The zero-order chi connectivity index (χ0) is 18.5. The lowest BCUT2D eigenvalue weighted by Crippen LogP contribution is -2.36. The van der Waals surface area contributed by atoms with Gasteiger partial charge in [0.15, 0.2) is 6.10 Å². The van der Waals surface area contributed by atoms with Gasteiger partial charge in [0.05, 0.1) is 31.1 Å². The SMILES string of the molecule is CCCC(=O)OCC1CN(c2ccc(N3CCOCC3)c(F)c2)C(=O)O1. The van der Waals surface area contributed by atoms with Crippen molar-refractivity contribution in [3.8, 4) is 0 Å². The van der Waals surface area contributed by atoms with Crippen LogP contribution >= 0.6 is 0 Å². The summed E-state index contributed by atoms with van der Waals surface area (Å²) >= 11 is 0. The van der Waals surface area contributed by atoms with Crippen LogP contribution in [-0.2, 0) is 19.0 Å². The third-order valence-electron chi connectivity index (χ3n) is 4.35. The molecule has 2 fully saturated rings. The zero-order valence-electron chi connectivity index (χ0n) is 14.8. The minimum absolute atomic E-state index is 0.00934. The predicted molar refractivity (Wildman–Crippen MR) is 92.9 cm³/mol. The molecule has 26 heavy (non-hydrogen) atoms. The molecule has 8 heteroatoms. The average Bonchev–Trinajstić information content (AvgIpc) is 3.02. The van der Waals surface area contributed by atoms with Crippen LogP contribution in [-0.4, -0.2) is 57.6 Å². The molecule has 0 aromatic heterocycles. The molecule has 2 heterocycles. The van der Waals surface area contributed by atoms with Crippen LogP contribution in [0.1, 0.15) is 19.8 Å². The normalized spacial score (nSPS) is 20.2. The molecule has 1 amide bonds. The molecule has 1 aromatic rings. The molecule has 0 N–H and O–H groups in total. The second-order valence-electron chi connectivity index (χ2n) is 6.28. The van der Waals surface area contributed by atoms with Crippen molar-refractivity contribution in [3.63, 3.8) is 0 Å². The number of morpholine rings is 1. The van der Waals surface area contributed by atoms with E-state index in [0.717, 1.165) is 0 Å². The maximum absolute atomic E-state index is 14.5. The molecule has 1 atom stereocenters. The number of esters is 1. The molecule has 142 valence electrons. The largest absolute Gasteiger partial charge is 0.462 e. The van der Waals surface area contributed by atoms with Gasteiger partial charge in [-0.25, -0.2) is 9.18 Å². The van der Waals surface area contributed by atoms with Crippen molar-refractivity contribution < 1.29 is 28.2 Å². The van der Waals surface area contributed by atoms with E-state index in [4.69, 9.17) is 14.2 Å². The van der Waals surface area contributed by atoms with Crippen molar-refractivity contribution in [2.75, 3.05) is 49.3 Å². The van der Waals surface area contributed by atoms with E-state index in [-0.39, 0.29) is 19.1 Å². The molecule has 2 saturated heterocycles. The Morgan fingerprint density at radius 2 is 2.12 bits per heavy atom. The van der Waals surface area contributed by atoms with Gasteiger partial charge in [0.1, 0.15) is 12.4 Å². The van der Waals surface area contributed by atoms with Crippen LogP contribution in [0.4, 0.5) is 20.6 Å². The van der Waals surface area contributed by atoms with E-state index in [1.165, 1.54) is 11.0 Å². The first-order chi connectivity index (χ1) is 12.6. The van der Waals surface area contributed by atoms with Crippen LogP contribution in [0.2, 0.25) is 0 Å². The fraction of sp³-hybridized carbons (Fsp3) is 0.556. The number of benzene rings is 1. The summed E-state index contributed by atoms with van der Waals surface area (Å²) in [6.07, 6.45) is -0.0895. The number of anilines is 2. The number of carbonyl (C=O) groups is 2. The van der Waals surface area contributed by atoms with Gasteiger partial charge in [-0.2, -0.15) is 0 Å². The van der Waals surface area contributed by atoms with Crippen LogP contribution in [0.25, 0.3) is 0 Å². The number of cyclic esters (lactones) is 1. The summed E-state index contributed by atoms with van der Waals surface area (Å²) in [6, 6.07) is 4.69. The highest BCUT2D eigenvalue weighted by molar-refractivity contribution is 5.90. The van der Waals surface area contributed by atoms with E-state index in [1.54, 1.807) is 12.1 Å². The second-order valence-corrected chi connectivity index (χ2v) is 6.28. The molecule has 0 saturated carbocycles. The van der Waals surface area contributed by atoms with Gasteiger partial charge in [0, 0.05) is 19.5 Å². The van der Waals surface area contributed by atoms with Crippen molar-refractivity contribution in [1.29, 1.82) is 0 Å². The lowest BCUT2D eigenvalue weighted by molar-refractivity contribution is -0.146. The third-order valence-corrected chi connectivity index (χ3v) is 4.35. The Morgan fingerprint density at radius 3 is 2.81 bits per heavy atom. The highest BCUT2D eigenvalue weighted by atomic mass is 19.1. The predicted octanol–water partition coefficient (Wildman–Crippen LogP) is 2.33. The van der Waals surface area contributed by atoms with E-state index >= 15 is 0 Å². The summed E-state index contributed by atoms with van der Waals surface area (Å²) in [6.45, 7) is 4.51. The fourth-order valence-corrected chi connectivity index (χ4v) is 3.01. The number of nitrogens with zero attached hydrogens (tertiary/aromatic N) is 2. The molecule has 1 aromatic carbocycles. The Hall–Kier alpha value is -2.35. The van der Waals surface area contributed by atoms with Gasteiger partial charge in [-0.1, -0.05) is 6.92 Å². The van der Waals surface area contributed by atoms with Gasteiger partial charge in [0.25, 0.3) is 0 Å². The lowest BCUT2D eigenvalue weighted by Gasteiger charge is -2.29. The van der Waals surface area contributed by atoms with Crippen LogP contribution in [0.15, 0.2) is 18.2 Å². The van der Waals surface area contributed by atoms with Crippen molar-refractivity contribution >= 4 is 23.4 Å². The summed E-state index contributed by atoms with van der Waals surface area (Å²) in [5.74, 6) is -0.710. The summed E-state index contributed by atoms with van der Waals surface area (Å²) in [5, 5.41) is 0. The smallest absolute Gasteiger partial charge is 0.414 e. The quantitative estimate of drug-likeness (QED) is 0.720. The Labute approximate surface area is 151 Å².